The number of pyridine rings is 1. The van der Waals surface area contributed by atoms with Gasteiger partial charge in [0.05, 0.1) is 5.52 Å². The van der Waals surface area contributed by atoms with Crippen molar-refractivity contribution in [2.75, 3.05) is 0 Å². The third kappa shape index (κ3) is 1.67. The van der Waals surface area contributed by atoms with Gasteiger partial charge in [0.1, 0.15) is 0 Å². The molecule has 0 unspecified atom stereocenters. The summed E-state index contributed by atoms with van der Waals surface area (Å²) in [5.41, 5.74) is 2.80. The zero-order chi connectivity index (χ0) is 12.0. The molecule has 0 spiro atoms. The van der Waals surface area contributed by atoms with Crippen LogP contribution in [-0.2, 0) is 0 Å². The maximum Gasteiger partial charge on any atom is 0.0516 e. The highest BCUT2D eigenvalue weighted by atomic mass is 15.0. The van der Waals surface area contributed by atoms with Gasteiger partial charge in [0.25, 0.3) is 0 Å². The summed E-state index contributed by atoms with van der Waals surface area (Å²) in [7, 11) is 0. The van der Waals surface area contributed by atoms with Gasteiger partial charge in [0.15, 0.2) is 0 Å². The molecule has 0 amide bonds. The SMILES string of the molecule is CC1CC(n2cc(C(C)C)c3cnccc32)C1. The van der Waals surface area contributed by atoms with E-state index in [2.05, 4.69) is 42.6 Å². The van der Waals surface area contributed by atoms with E-state index >= 15 is 0 Å². The molecular formula is C15H20N2. The summed E-state index contributed by atoms with van der Waals surface area (Å²) in [6.07, 6.45) is 8.93. The zero-order valence-electron chi connectivity index (χ0n) is 10.9. The Bertz CT molecular complexity index is 533. The first-order chi connectivity index (χ1) is 8.16. The van der Waals surface area contributed by atoms with Crippen LogP contribution >= 0.6 is 0 Å². The van der Waals surface area contributed by atoms with E-state index in [1.165, 1.54) is 29.3 Å². The Morgan fingerprint density at radius 2 is 2.12 bits per heavy atom. The Balaban J connectivity index is 2.12. The lowest BCUT2D eigenvalue weighted by Gasteiger charge is -2.34. The van der Waals surface area contributed by atoms with Crippen molar-refractivity contribution in [3.05, 3.63) is 30.2 Å². The third-order valence-electron chi connectivity index (χ3n) is 4.03. The first kappa shape index (κ1) is 10.8. The molecule has 2 nitrogen and oxygen atoms in total. The van der Waals surface area contributed by atoms with Crippen LogP contribution in [0.4, 0.5) is 0 Å². The molecule has 1 fully saturated rings. The average Bonchev–Trinajstić information content (AvgIpc) is 2.64. The molecule has 0 aliphatic heterocycles. The fourth-order valence-electron chi connectivity index (χ4n) is 2.97. The lowest BCUT2D eigenvalue weighted by Crippen LogP contribution is -2.24. The number of hydrogen-bond donors (Lipinski definition) is 0. The minimum absolute atomic E-state index is 0.570. The van der Waals surface area contributed by atoms with E-state index in [4.69, 9.17) is 0 Å². The fourth-order valence-corrected chi connectivity index (χ4v) is 2.97. The fraction of sp³-hybridized carbons (Fsp3) is 0.533. The molecule has 0 N–H and O–H groups in total. The van der Waals surface area contributed by atoms with Gasteiger partial charge in [-0.1, -0.05) is 20.8 Å². The first-order valence-electron chi connectivity index (χ1n) is 6.61. The molecule has 2 heteroatoms. The second-order valence-electron chi connectivity index (χ2n) is 5.77. The van der Waals surface area contributed by atoms with Crippen molar-refractivity contribution in [1.82, 2.24) is 9.55 Å². The standard InChI is InChI=1S/C15H20N2/c1-10(2)14-9-17(12-6-11(3)7-12)15-4-5-16-8-13(14)15/h4-5,8-12H,6-7H2,1-3H3. The second kappa shape index (κ2) is 3.86. The smallest absolute Gasteiger partial charge is 0.0516 e. The molecule has 1 saturated carbocycles. The van der Waals surface area contributed by atoms with Gasteiger partial charge >= 0.3 is 0 Å². The summed E-state index contributed by atoms with van der Waals surface area (Å²) in [6.45, 7) is 6.86. The molecule has 17 heavy (non-hydrogen) atoms. The largest absolute Gasteiger partial charge is 0.344 e. The summed E-state index contributed by atoms with van der Waals surface area (Å²) in [5.74, 6) is 1.46. The van der Waals surface area contributed by atoms with Crippen LogP contribution in [0.1, 0.15) is 51.1 Å². The lowest BCUT2D eigenvalue weighted by atomic mass is 9.81. The maximum absolute atomic E-state index is 4.27. The number of rotatable bonds is 2. The second-order valence-corrected chi connectivity index (χ2v) is 5.77. The van der Waals surface area contributed by atoms with E-state index in [0.29, 0.717) is 12.0 Å². The first-order valence-corrected chi connectivity index (χ1v) is 6.61. The normalized spacial score (nSPS) is 24.2. The van der Waals surface area contributed by atoms with Gasteiger partial charge in [0.2, 0.25) is 0 Å². The highest BCUT2D eigenvalue weighted by Gasteiger charge is 2.28. The molecule has 1 aliphatic carbocycles. The van der Waals surface area contributed by atoms with E-state index in [9.17, 15) is 0 Å². The number of fused-ring (bicyclic) bond motifs is 1. The van der Waals surface area contributed by atoms with Gasteiger partial charge in [-0.3, -0.25) is 4.98 Å². The third-order valence-corrected chi connectivity index (χ3v) is 4.03. The maximum atomic E-state index is 4.27. The molecule has 0 radical (unpaired) electrons. The van der Waals surface area contributed by atoms with Gasteiger partial charge in [-0.15, -0.1) is 0 Å². The Hall–Kier alpha value is -1.31. The summed E-state index contributed by atoms with van der Waals surface area (Å²) in [5, 5.41) is 1.34. The lowest BCUT2D eigenvalue weighted by molar-refractivity contribution is 0.221. The topological polar surface area (TPSA) is 17.8 Å². The molecule has 2 aromatic rings. The van der Waals surface area contributed by atoms with Crippen molar-refractivity contribution in [1.29, 1.82) is 0 Å². The van der Waals surface area contributed by atoms with Gasteiger partial charge in [-0.25, -0.2) is 0 Å². The molecule has 0 saturated heterocycles. The van der Waals surface area contributed by atoms with Crippen molar-refractivity contribution in [3.63, 3.8) is 0 Å². The molecular weight excluding hydrogens is 208 g/mol. The van der Waals surface area contributed by atoms with Crippen molar-refractivity contribution in [2.45, 2.75) is 45.6 Å². The predicted octanol–water partition coefficient (Wildman–Crippen LogP) is 4.13. The van der Waals surface area contributed by atoms with Crippen LogP contribution < -0.4 is 0 Å². The highest BCUT2D eigenvalue weighted by Crippen LogP contribution is 2.40. The predicted molar refractivity (Wildman–Crippen MR) is 71.3 cm³/mol. The number of aromatic nitrogens is 2. The van der Waals surface area contributed by atoms with Gasteiger partial charge < -0.3 is 4.57 Å². The van der Waals surface area contributed by atoms with Crippen LogP contribution in [-0.4, -0.2) is 9.55 Å². The molecule has 90 valence electrons. The van der Waals surface area contributed by atoms with Crippen LogP contribution in [0.25, 0.3) is 10.9 Å². The molecule has 0 bridgehead atoms. The van der Waals surface area contributed by atoms with Crippen molar-refractivity contribution < 1.29 is 0 Å². The summed E-state index contributed by atoms with van der Waals surface area (Å²) < 4.78 is 2.48. The summed E-state index contributed by atoms with van der Waals surface area (Å²) >= 11 is 0. The molecule has 2 heterocycles. The summed E-state index contributed by atoms with van der Waals surface area (Å²) in [4.78, 5) is 4.27. The van der Waals surface area contributed by atoms with Crippen molar-refractivity contribution >= 4 is 10.9 Å². The van der Waals surface area contributed by atoms with Crippen LogP contribution in [0, 0.1) is 5.92 Å². The molecule has 0 atom stereocenters. The van der Waals surface area contributed by atoms with Crippen LogP contribution in [0.15, 0.2) is 24.7 Å². The van der Waals surface area contributed by atoms with E-state index in [0.717, 1.165) is 5.92 Å². The van der Waals surface area contributed by atoms with Crippen LogP contribution in [0.3, 0.4) is 0 Å². The van der Waals surface area contributed by atoms with Gasteiger partial charge in [-0.05, 0) is 36.3 Å². The Kier molecular flexibility index (Phi) is 2.46. The summed E-state index contributed by atoms with van der Waals surface area (Å²) in [6, 6.07) is 2.87. The quantitative estimate of drug-likeness (QED) is 0.755. The minimum atomic E-state index is 0.570. The van der Waals surface area contributed by atoms with Crippen LogP contribution in [0.2, 0.25) is 0 Å². The van der Waals surface area contributed by atoms with Crippen molar-refractivity contribution in [2.24, 2.45) is 5.92 Å². The highest BCUT2D eigenvalue weighted by molar-refractivity contribution is 5.83. The molecule has 0 aromatic carbocycles. The van der Waals surface area contributed by atoms with E-state index in [-0.39, 0.29) is 0 Å². The van der Waals surface area contributed by atoms with E-state index in [1.807, 2.05) is 12.4 Å². The van der Waals surface area contributed by atoms with Gasteiger partial charge in [0, 0.05) is 30.0 Å². The Labute approximate surface area is 103 Å². The monoisotopic (exact) mass is 228 g/mol. The van der Waals surface area contributed by atoms with E-state index < -0.39 is 0 Å². The number of hydrogen-bond acceptors (Lipinski definition) is 1. The molecule has 1 aliphatic rings. The average molecular weight is 228 g/mol. The Morgan fingerprint density at radius 1 is 1.35 bits per heavy atom. The van der Waals surface area contributed by atoms with E-state index in [1.54, 1.807) is 0 Å². The molecule has 3 rings (SSSR count). The zero-order valence-corrected chi connectivity index (χ0v) is 10.9. The minimum Gasteiger partial charge on any atom is -0.344 e. The van der Waals surface area contributed by atoms with Crippen LogP contribution in [0.5, 0.6) is 0 Å². The Morgan fingerprint density at radius 3 is 2.76 bits per heavy atom. The van der Waals surface area contributed by atoms with Gasteiger partial charge in [-0.2, -0.15) is 0 Å². The molecule has 2 aromatic heterocycles. The number of nitrogens with zero attached hydrogens (tertiary/aromatic N) is 2. The van der Waals surface area contributed by atoms with Crippen molar-refractivity contribution in [3.8, 4) is 0 Å².